The Morgan fingerprint density at radius 2 is 1.75 bits per heavy atom. The lowest BCUT2D eigenvalue weighted by atomic mass is 9.72. The maximum atomic E-state index is 11.3. The molecule has 68 valence electrons. The summed E-state index contributed by atoms with van der Waals surface area (Å²) in [5.41, 5.74) is 0. The zero-order chi connectivity index (χ0) is 8.55. The number of carbonyl (C=O) groups is 1. The van der Waals surface area contributed by atoms with Crippen LogP contribution in [-0.2, 0) is 4.79 Å². The standard InChI is InChI=1S/C11H18O/c1-8(12)10-6-2-4-9-5-3-7-11(9)10/h9-11H,2-7H2,1H3. The van der Waals surface area contributed by atoms with E-state index in [1.54, 1.807) is 6.92 Å². The van der Waals surface area contributed by atoms with Gasteiger partial charge in [-0.15, -0.1) is 0 Å². The van der Waals surface area contributed by atoms with Crippen LogP contribution in [0.1, 0.15) is 45.4 Å². The molecule has 2 fully saturated rings. The molecule has 0 aliphatic heterocycles. The molecule has 0 radical (unpaired) electrons. The lowest BCUT2D eigenvalue weighted by Gasteiger charge is -2.32. The average molecular weight is 166 g/mol. The van der Waals surface area contributed by atoms with Gasteiger partial charge in [-0.2, -0.15) is 0 Å². The third kappa shape index (κ3) is 1.30. The lowest BCUT2D eigenvalue weighted by Crippen LogP contribution is -2.28. The van der Waals surface area contributed by atoms with Gasteiger partial charge >= 0.3 is 0 Å². The van der Waals surface area contributed by atoms with E-state index in [0.717, 1.165) is 11.8 Å². The maximum absolute atomic E-state index is 11.3. The van der Waals surface area contributed by atoms with Gasteiger partial charge in [-0.1, -0.05) is 25.7 Å². The number of rotatable bonds is 1. The Morgan fingerprint density at radius 1 is 1.08 bits per heavy atom. The molecule has 2 aliphatic rings. The van der Waals surface area contributed by atoms with Crippen molar-refractivity contribution in [2.75, 3.05) is 0 Å². The molecule has 0 heterocycles. The van der Waals surface area contributed by atoms with Gasteiger partial charge in [0.1, 0.15) is 5.78 Å². The first-order valence-corrected chi connectivity index (χ1v) is 5.29. The van der Waals surface area contributed by atoms with E-state index in [1.165, 1.54) is 38.5 Å². The first-order valence-electron chi connectivity index (χ1n) is 5.29. The highest BCUT2D eigenvalue weighted by atomic mass is 16.1. The van der Waals surface area contributed by atoms with E-state index in [2.05, 4.69) is 0 Å². The van der Waals surface area contributed by atoms with Crippen LogP contribution in [0.3, 0.4) is 0 Å². The minimum atomic E-state index is 0.436. The Labute approximate surface area is 74.5 Å². The van der Waals surface area contributed by atoms with Crippen LogP contribution in [0.2, 0.25) is 0 Å². The first kappa shape index (κ1) is 8.28. The fourth-order valence-corrected chi connectivity index (χ4v) is 3.27. The Hall–Kier alpha value is -0.330. The lowest BCUT2D eigenvalue weighted by molar-refractivity contribution is -0.124. The van der Waals surface area contributed by atoms with Gasteiger partial charge in [0, 0.05) is 5.92 Å². The van der Waals surface area contributed by atoms with Gasteiger partial charge in [0.25, 0.3) is 0 Å². The van der Waals surface area contributed by atoms with Crippen molar-refractivity contribution in [3.63, 3.8) is 0 Å². The molecule has 0 aromatic rings. The molecule has 12 heavy (non-hydrogen) atoms. The third-order valence-electron chi connectivity index (χ3n) is 3.85. The molecule has 1 nitrogen and oxygen atoms in total. The van der Waals surface area contributed by atoms with Crippen LogP contribution in [0.4, 0.5) is 0 Å². The number of carbonyl (C=O) groups excluding carboxylic acids is 1. The van der Waals surface area contributed by atoms with Gasteiger partial charge in [0.2, 0.25) is 0 Å². The molecule has 0 aromatic heterocycles. The van der Waals surface area contributed by atoms with Gasteiger partial charge in [0.15, 0.2) is 0 Å². The van der Waals surface area contributed by atoms with E-state index in [4.69, 9.17) is 0 Å². The summed E-state index contributed by atoms with van der Waals surface area (Å²) in [5.74, 6) is 2.57. The molecule has 0 saturated heterocycles. The highest BCUT2D eigenvalue weighted by molar-refractivity contribution is 5.78. The van der Waals surface area contributed by atoms with Crippen LogP contribution in [0.5, 0.6) is 0 Å². The Balaban J connectivity index is 2.08. The molecule has 2 saturated carbocycles. The van der Waals surface area contributed by atoms with E-state index in [0.29, 0.717) is 11.7 Å². The van der Waals surface area contributed by atoms with Crippen molar-refractivity contribution in [1.82, 2.24) is 0 Å². The molecule has 2 rings (SSSR count). The summed E-state index contributed by atoms with van der Waals surface area (Å²) in [5, 5.41) is 0. The van der Waals surface area contributed by atoms with Crippen LogP contribution in [0, 0.1) is 17.8 Å². The fraction of sp³-hybridized carbons (Fsp3) is 0.909. The maximum Gasteiger partial charge on any atom is 0.133 e. The summed E-state index contributed by atoms with van der Waals surface area (Å²) < 4.78 is 0. The van der Waals surface area contributed by atoms with Gasteiger partial charge < -0.3 is 0 Å². The summed E-state index contributed by atoms with van der Waals surface area (Å²) in [4.78, 5) is 11.3. The van der Waals surface area contributed by atoms with Crippen molar-refractivity contribution >= 4 is 5.78 Å². The minimum Gasteiger partial charge on any atom is -0.300 e. The Bertz CT molecular complexity index is 185. The van der Waals surface area contributed by atoms with E-state index >= 15 is 0 Å². The normalized spacial score (nSPS) is 40.9. The number of Topliss-reactive ketones (excluding diaryl/α,β-unsaturated/α-hetero) is 1. The monoisotopic (exact) mass is 166 g/mol. The molecule has 0 N–H and O–H groups in total. The van der Waals surface area contributed by atoms with Crippen LogP contribution in [-0.4, -0.2) is 5.78 Å². The predicted octanol–water partition coefficient (Wildman–Crippen LogP) is 2.79. The summed E-state index contributed by atoms with van der Waals surface area (Å²) in [6.07, 6.45) is 7.97. The average Bonchev–Trinajstić information content (AvgIpc) is 2.49. The highest BCUT2D eigenvalue weighted by Crippen LogP contribution is 2.45. The quantitative estimate of drug-likeness (QED) is 0.585. The molecule has 0 amide bonds. The second kappa shape index (κ2) is 3.20. The number of ketones is 1. The van der Waals surface area contributed by atoms with E-state index < -0.39 is 0 Å². The Morgan fingerprint density at radius 3 is 2.42 bits per heavy atom. The largest absolute Gasteiger partial charge is 0.300 e. The minimum absolute atomic E-state index is 0.436. The zero-order valence-electron chi connectivity index (χ0n) is 7.88. The van der Waals surface area contributed by atoms with Crippen molar-refractivity contribution < 1.29 is 4.79 Å². The van der Waals surface area contributed by atoms with Crippen molar-refractivity contribution in [2.24, 2.45) is 17.8 Å². The van der Waals surface area contributed by atoms with Gasteiger partial charge in [-0.3, -0.25) is 4.79 Å². The summed E-state index contributed by atoms with van der Waals surface area (Å²) in [6.45, 7) is 1.78. The number of hydrogen-bond donors (Lipinski definition) is 0. The number of hydrogen-bond acceptors (Lipinski definition) is 1. The molecule has 0 aromatic carbocycles. The van der Waals surface area contributed by atoms with Crippen molar-refractivity contribution in [2.45, 2.75) is 45.4 Å². The number of fused-ring (bicyclic) bond motifs is 1. The van der Waals surface area contributed by atoms with Crippen molar-refractivity contribution in [3.8, 4) is 0 Å². The van der Waals surface area contributed by atoms with E-state index in [-0.39, 0.29) is 0 Å². The van der Waals surface area contributed by atoms with Crippen molar-refractivity contribution in [3.05, 3.63) is 0 Å². The molecular weight excluding hydrogens is 148 g/mol. The topological polar surface area (TPSA) is 17.1 Å². The molecule has 3 unspecified atom stereocenters. The van der Waals surface area contributed by atoms with Crippen LogP contribution < -0.4 is 0 Å². The summed E-state index contributed by atoms with van der Waals surface area (Å²) in [6, 6.07) is 0. The van der Waals surface area contributed by atoms with Crippen LogP contribution >= 0.6 is 0 Å². The van der Waals surface area contributed by atoms with Crippen molar-refractivity contribution in [1.29, 1.82) is 0 Å². The van der Waals surface area contributed by atoms with Gasteiger partial charge in [0.05, 0.1) is 0 Å². The zero-order valence-corrected chi connectivity index (χ0v) is 7.88. The molecule has 3 atom stereocenters. The second-order valence-electron chi connectivity index (χ2n) is 4.50. The predicted molar refractivity (Wildman–Crippen MR) is 48.9 cm³/mol. The third-order valence-corrected chi connectivity index (χ3v) is 3.85. The van der Waals surface area contributed by atoms with E-state index in [9.17, 15) is 4.79 Å². The Kier molecular flexibility index (Phi) is 2.20. The van der Waals surface area contributed by atoms with Gasteiger partial charge in [-0.25, -0.2) is 0 Å². The molecule has 0 bridgehead atoms. The molecular formula is C11H18O. The fourth-order valence-electron chi connectivity index (χ4n) is 3.27. The summed E-state index contributed by atoms with van der Waals surface area (Å²) in [7, 11) is 0. The van der Waals surface area contributed by atoms with Crippen LogP contribution in [0.15, 0.2) is 0 Å². The SMILES string of the molecule is CC(=O)C1CCCC2CCCC21. The van der Waals surface area contributed by atoms with E-state index in [1.807, 2.05) is 0 Å². The molecule has 2 aliphatic carbocycles. The first-order chi connectivity index (χ1) is 5.79. The smallest absolute Gasteiger partial charge is 0.133 e. The highest BCUT2D eigenvalue weighted by Gasteiger charge is 2.38. The molecule has 1 heteroatoms. The van der Waals surface area contributed by atoms with Crippen LogP contribution in [0.25, 0.3) is 0 Å². The molecule has 0 spiro atoms. The second-order valence-corrected chi connectivity index (χ2v) is 4.50. The summed E-state index contributed by atoms with van der Waals surface area (Å²) >= 11 is 0. The van der Waals surface area contributed by atoms with Gasteiger partial charge in [-0.05, 0) is 31.6 Å².